The van der Waals surface area contributed by atoms with E-state index in [2.05, 4.69) is 10.3 Å². The number of hydrogen-bond acceptors (Lipinski definition) is 6. The molecule has 0 spiro atoms. The maximum absolute atomic E-state index is 12.4. The number of fused-ring (bicyclic) bond motifs is 1. The molecule has 3 N–H and O–H groups in total. The van der Waals surface area contributed by atoms with E-state index in [0.29, 0.717) is 41.1 Å². The van der Waals surface area contributed by atoms with Crippen LogP contribution in [0.1, 0.15) is 31.0 Å². The Morgan fingerprint density at radius 1 is 1.19 bits per heavy atom. The molecule has 1 aromatic heterocycles. The highest BCUT2D eigenvalue weighted by atomic mass is 16.5. The molecule has 0 saturated heterocycles. The fourth-order valence-corrected chi connectivity index (χ4v) is 3.81. The number of nitrogens with one attached hydrogen (secondary N) is 1. The largest absolute Gasteiger partial charge is 0.493 e. The van der Waals surface area contributed by atoms with E-state index in [1.807, 2.05) is 63.2 Å². The molecule has 4 rings (SSSR count). The molecule has 3 aromatic rings. The summed E-state index contributed by atoms with van der Waals surface area (Å²) in [6.45, 7) is 6.25. The van der Waals surface area contributed by atoms with Gasteiger partial charge in [-0.1, -0.05) is 29.8 Å². The maximum Gasteiger partial charge on any atom is 0.248 e. The Labute approximate surface area is 180 Å². The van der Waals surface area contributed by atoms with Gasteiger partial charge in [0.25, 0.3) is 0 Å². The average Bonchev–Trinajstić information content (AvgIpc) is 3.16. The lowest BCUT2D eigenvalue weighted by atomic mass is 9.95. The lowest BCUT2D eigenvalue weighted by molar-refractivity contribution is -0.115. The highest BCUT2D eigenvalue weighted by molar-refractivity contribution is 5.95. The van der Waals surface area contributed by atoms with E-state index < -0.39 is 11.9 Å². The number of amides is 1. The Balaban J connectivity index is 1.87. The van der Waals surface area contributed by atoms with Crippen molar-refractivity contribution in [2.75, 3.05) is 19.0 Å². The van der Waals surface area contributed by atoms with Crippen LogP contribution in [0.2, 0.25) is 0 Å². The highest BCUT2D eigenvalue weighted by Gasteiger charge is 2.34. The third kappa shape index (κ3) is 3.72. The smallest absolute Gasteiger partial charge is 0.248 e. The number of primary amides is 1. The second-order valence-corrected chi connectivity index (χ2v) is 7.35. The fraction of sp³-hybridized carbons (Fsp3) is 0.261. The molecule has 0 radical (unpaired) electrons. The van der Waals surface area contributed by atoms with Gasteiger partial charge < -0.3 is 20.5 Å². The molecular formula is C23H25N5O3. The predicted octanol–water partition coefficient (Wildman–Crippen LogP) is 3.44. The molecule has 8 nitrogen and oxygen atoms in total. The first-order valence-corrected chi connectivity index (χ1v) is 10.0. The molecule has 0 fully saturated rings. The SMILES string of the molecule is CCOc1ccc([C@H]2C(C(N)=O)=C(C)Nc3nc(-c4cccc(C)c4)nn32)cc1OC. The normalized spacial score (nSPS) is 15.3. The number of carbonyl (C=O) groups excluding carboxylic acids is 1. The Bertz CT molecular complexity index is 1180. The van der Waals surface area contributed by atoms with Gasteiger partial charge >= 0.3 is 0 Å². The van der Waals surface area contributed by atoms with Crippen LogP contribution in [-0.4, -0.2) is 34.4 Å². The van der Waals surface area contributed by atoms with Crippen molar-refractivity contribution in [3.8, 4) is 22.9 Å². The molecule has 0 bridgehead atoms. The molecule has 1 amide bonds. The quantitative estimate of drug-likeness (QED) is 0.634. The van der Waals surface area contributed by atoms with Crippen molar-refractivity contribution in [2.24, 2.45) is 5.73 Å². The first kappa shape index (κ1) is 20.5. The molecule has 0 aliphatic carbocycles. The molecule has 1 aliphatic rings. The van der Waals surface area contributed by atoms with Crippen LogP contribution >= 0.6 is 0 Å². The number of anilines is 1. The number of carbonyl (C=O) groups is 1. The highest BCUT2D eigenvalue weighted by Crippen LogP contribution is 2.39. The maximum atomic E-state index is 12.4. The molecule has 0 unspecified atom stereocenters. The lowest BCUT2D eigenvalue weighted by Crippen LogP contribution is -2.31. The zero-order valence-corrected chi connectivity index (χ0v) is 18.0. The minimum Gasteiger partial charge on any atom is -0.493 e. The summed E-state index contributed by atoms with van der Waals surface area (Å²) in [5, 5.41) is 7.90. The van der Waals surface area contributed by atoms with E-state index in [0.717, 1.165) is 16.7 Å². The molecule has 31 heavy (non-hydrogen) atoms. The van der Waals surface area contributed by atoms with Crippen LogP contribution in [0.15, 0.2) is 53.7 Å². The van der Waals surface area contributed by atoms with E-state index >= 15 is 0 Å². The number of rotatable bonds is 6. The van der Waals surface area contributed by atoms with Crippen LogP contribution in [0.4, 0.5) is 5.95 Å². The number of methoxy groups -OCH3 is 1. The van der Waals surface area contributed by atoms with Crippen LogP contribution in [-0.2, 0) is 4.79 Å². The minimum absolute atomic E-state index is 0.416. The molecule has 160 valence electrons. The van der Waals surface area contributed by atoms with Crippen molar-refractivity contribution >= 4 is 11.9 Å². The van der Waals surface area contributed by atoms with Crippen molar-refractivity contribution in [1.82, 2.24) is 14.8 Å². The third-order valence-corrected chi connectivity index (χ3v) is 5.20. The number of benzene rings is 2. The van der Waals surface area contributed by atoms with Crippen molar-refractivity contribution in [1.29, 1.82) is 0 Å². The number of aromatic nitrogens is 3. The van der Waals surface area contributed by atoms with Gasteiger partial charge in [-0.05, 0) is 44.5 Å². The standard InChI is InChI=1S/C23H25N5O3/c1-5-31-17-10-9-15(12-18(17)30-4)20-19(21(24)29)14(3)25-23-26-22(27-28(20)23)16-8-6-7-13(2)11-16/h6-12,20H,5H2,1-4H3,(H2,24,29)(H,25,26,27)/t20-/m0/s1. The van der Waals surface area contributed by atoms with Gasteiger partial charge in [0, 0.05) is 11.3 Å². The summed E-state index contributed by atoms with van der Waals surface area (Å²) in [5.41, 5.74) is 9.62. The van der Waals surface area contributed by atoms with E-state index in [1.54, 1.807) is 11.8 Å². The van der Waals surface area contributed by atoms with E-state index in [1.165, 1.54) is 0 Å². The van der Waals surface area contributed by atoms with Gasteiger partial charge in [-0.15, -0.1) is 5.10 Å². The Morgan fingerprint density at radius 2 is 2.00 bits per heavy atom. The van der Waals surface area contributed by atoms with Gasteiger partial charge in [0.2, 0.25) is 11.9 Å². The summed E-state index contributed by atoms with van der Waals surface area (Å²) < 4.78 is 12.8. The monoisotopic (exact) mass is 419 g/mol. The summed E-state index contributed by atoms with van der Waals surface area (Å²) in [4.78, 5) is 17.1. The van der Waals surface area contributed by atoms with Crippen LogP contribution < -0.4 is 20.5 Å². The number of hydrogen-bond donors (Lipinski definition) is 2. The summed E-state index contributed by atoms with van der Waals surface area (Å²) in [7, 11) is 1.58. The number of ether oxygens (including phenoxy) is 2. The number of nitrogens with two attached hydrogens (primary N) is 1. The number of allylic oxidation sites excluding steroid dienone is 1. The van der Waals surface area contributed by atoms with Crippen molar-refractivity contribution in [2.45, 2.75) is 26.8 Å². The summed E-state index contributed by atoms with van der Waals surface area (Å²) in [6, 6.07) is 13.0. The molecule has 8 heteroatoms. The Kier molecular flexibility index (Phi) is 5.37. The minimum atomic E-state index is -0.551. The molecule has 1 atom stereocenters. The van der Waals surface area contributed by atoms with Crippen LogP contribution in [0, 0.1) is 6.92 Å². The number of aryl methyl sites for hydroxylation is 1. The Hall–Kier alpha value is -3.81. The van der Waals surface area contributed by atoms with Gasteiger partial charge in [0.1, 0.15) is 6.04 Å². The summed E-state index contributed by atoms with van der Waals surface area (Å²) >= 11 is 0. The third-order valence-electron chi connectivity index (χ3n) is 5.20. The van der Waals surface area contributed by atoms with Gasteiger partial charge in [-0.3, -0.25) is 4.79 Å². The Morgan fingerprint density at radius 3 is 2.68 bits per heavy atom. The fourth-order valence-electron chi connectivity index (χ4n) is 3.81. The second-order valence-electron chi connectivity index (χ2n) is 7.35. The molecule has 2 aromatic carbocycles. The molecule has 0 saturated carbocycles. The van der Waals surface area contributed by atoms with Crippen molar-refractivity contribution in [3.63, 3.8) is 0 Å². The van der Waals surface area contributed by atoms with Gasteiger partial charge in [0.15, 0.2) is 17.3 Å². The lowest BCUT2D eigenvalue weighted by Gasteiger charge is -2.28. The zero-order valence-electron chi connectivity index (χ0n) is 18.0. The molecule has 2 heterocycles. The van der Waals surface area contributed by atoms with Crippen LogP contribution in [0.5, 0.6) is 11.5 Å². The number of nitrogens with zero attached hydrogens (tertiary/aromatic N) is 3. The molecule has 1 aliphatic heterocycles. The molecular weight excluding hydrogens is 394 g/mol. The first-order chi connectivity index (χ1) is 14.9. The first-order valence-electron chi connectivity index (χ1n) is 10.0. The van der Waals surface area contributed by atoms with Gasteiger partial charge in [0.05, 0.1) is 19.3 Å². The van der Waals surface area contributed by atoms with E-state index in [9.17, 15) is 4.79 Å². The topological polar surface area (TPSA) is 104 Å². The van der Waals surface area contributed by atoms with E-state index in [4.69, 9.17) is 20.3 Å². The summed E-state index contributed by atoms with van der Waals surface area (Å²) in [5.74, 6) is 1.77. The predicted molar refractivity (Wildman–Crippen MR) is 118 cm³/mol. The van der Waals surface area contributed by atoms with E-state index in [-0.39, 0.29) is 0 Å². The average molecular weight is 419 g/mol. The second kappa shape index (κ2) is 8.14. The summed E-state index contributed by atoms with van der Waals surface area (Å²) in [6.07, 6.45) is 0. The zero-order chi connectivity index (χ0) is 22.1. The van der Waals surface area contributed by atoms with Gasteiger partial charge in [-0.25, -0.2) is 4.68 Å². The van der Waals surface area contributed by atoms with Crippen LogP contribution in [0.3, 0.4) is 0 Å². The van der Waals surface area contributed by atoms with Crippen LogP contribution in [0.25, 0.3) is 11.4 Å². The van der Waals surface area contributed by atoms with Crippen molar-refractivity contribution in [3.05, 3.63) is 64.9 Å². The van der Waals surface area contributed by atoms with Gasteiger partial charge in [-0.2, -0.15) is 4.98 Å². The van der Waals surface area contributed by atoms with Crippen molar-refractivity contribution < 1.29 is 14.3 Å².